The number of hydrogen-bond donors (Lipinski definition) is 3. The van der Waals surface area contributed by atoms with Crippen molar-refractivity contribution in [2.75, 3.05) is 14.2 Å². The molecule has 0 aliphatic rings. The summed E-state index contributed by atoms with van der Waals surface area (Å²) in [5.41, 5.74) is 6.61. The average molecular weight is 509 g/mol. The van der Waals surface area contributed by atoms with Crippen LogP contribution in [0, 0.1) is 19.7 Å². The van der Waals surface area contributed by atoms with E-state index in [0.717, 1.165) is 17.7 Å². The van der Waals surface area contributed by atoms with E-state index in [1.54, 1.807) is 26.8 Å². The van der Waals surface area contributed by atoms with E-state index in [0.29, 0.717) is 5.56 Å². The molecule has 4 N–H and O–H groups in total. The van der Waals surface area contributed by atoms with Crippen molar-refractivity contribution in [3.05, 3.63) is 68.8 Å². The van der Waals surface area contributed by atoms with Crippen molar-refractivity contribution in [3.63, 3.8) is 0 Å². The number of nitrogens with zero attached hydrogens (tertiary/aromatic N) is 1. The van der Waals surface area contributed by atoms with Gasteiger partial charge in [0.05, 0.1) is 24.7 Å². The third-order valence-corrected chi connectivity index (χ3v) is 7.21. The van der Waals surface area contributed by atoms with Crippen LogP contribution < -0.4 is 25.7 Å². The molecule has 35 heavy (non-hydrogen) atoms. The zero-order chi connectivity index (χ0) is 26.1. The average Bonchev–Trinajstić information content (AvgIpc) is 3.24. The van der Waals surface area contributed by atoms with Crippen molar-refractivity contribution in [1.29, 1.82) is 0 Å². The number of halogens is 1. The maximum absolute atomic E-state index is 14.9. The van der Waals surface area contributed by atoms with Gasteiger partial charge in [-0.15, -0.1) is 5.10 Å². The number of sulfonamides is 1. The van der Waals surface area contributed by atoms with Gasteiger partial charge in [0.25, 0.3) is 0 Å². The van der Waals surface area contributed by atoms with Crippen LogP contribution in [0.3, 0.4) is 0 Å². The second-order valence-corrected chi connectivity index (χ2v) is 9.49. The molecule has 0 fully saturated rings. The first-order valence-corrected chi connectivity index (χ1v) is 11.8. The van der Waals surface area contributed by atoms with Crippen molar-refractivity contribution < 1.29 is 31.5 Å². The molecule has 0 saturated heterocycles. The lowest BCUT2D eigenvalue weighted by atomic mass is 9.88. The summed E-state index contributed by atoms with van der Waals surface area (Å²) < 4.78 is 59.6. The van der Waals surface area contributed by atoms with Crippen molar-refractivity contribution >= 4 is 15.9 Å². The van der Waals surface area contributed by atoms with Crippen LogP contribution in [0.25, 0.3) is 0 Å². The van der Waals surface area contributed by atoms with E-state index in [1.165, 1.54) is 20.3 Å². The fraction of sp³-hybridized carbons (Fsp3) is 0.318. The zero-order valence-electron chi connectivity index (χ0n) is 19.6. The number of H-pyrrole nitrogens is 1. The number of nitrogens with two attached hydrogens (primary N) is 1. The number of carbonyl (C=O) groups is 1. The molecule has 2 atom stereocenters. The number of aryl methyl sites for hydroxylation is 1. The number of carbonyl (C=O) groups excluding carboxylic acids is 1. The van der Waals surface area contributed by atoms with E-state index in [4.69, 9.17) is 19.6 Å². The number of rotatable bonds is 9. The molecule has 0 spiro atoms. The molecule has 11 nitrogen and oxygen atoms in total. The predicted molar refractivity (Wildman–Crippen MR) is 123 cm³/mol. The molecule has 2 aromatic carbocycles. The lowest BCUT2D eigenvalue weighted by molar-refractivity contribution is 0.0996. The Morgan fingerprint density at radius 3 is 2.37 bits per heavy atom. The largest absolute Gasteiger partial charge is 0.493 e. The summed E-state index contributed by atoms with van der Waals surface area (Å²) >= 11 is 0. The van der Waals surface area contributed by atoms with Gasteiger partial charge in [-0.25, -0.2) is 22.7 Å². The third-order valence-electron chi connectivity index (χ3n) is 5.73. The van der Waals surface area contributed by atoms with E-state index in [9.17, 15) is 22.4 Å². The molecule has 0 bridgehead atoms. The minimum absolute atomic E-state index is 0.0225. The van der Waals surface area contributed by atoms with Gasteiger partial charge in [-0.3, -0.25) is 4.79 Å². The number of methoxy groups -OCH3 is 2. The topological polar surface area (TPSA) is 167 Å². The number of aromatic nitrogens is 2. The lowest BCUT2D eigenvalue weighted by Gasteiger charge is -2.25. The Bertz CT molecular complexity index is 1430. The van der Waals surface area contributed by atoms with Crippen LogP contribution >= 0.6 is 0 Å². The molecular weight excluding hydrogens is 483 g/mol. The van der Waals surface area contributed by atoms with Gasteiger partial charge in [0.15, 0.2) is 11.5 Å². The van der Waals surface area contributed by atoms with E-state index in [-0.39, 0.29) is 28.5 Å². The monoisotopic (exact) mass is 508 g/mol. The minimum Gasteiger partial charge on any atom is -0.493 e. The number of aromatic amines is 1. The molecule has 1 aromatic heterocycles. The highest BCUT2D eigenvalue weighted by Crippen LogP contribution is 2.37. The van der Waals surface area contributed by atoms with Gasteiger partial charge < -0.3 is 19.6 Å². The lowest BCUT2D eigenvalue weighted by Crippen LogP contribution is -2.34. The van der Waals surface area contributed by atoms with Crippen LogP contribution in [0.15, 0.2) is 38.4 Å². The first-order chi connectivity index (χ1) is 16.4. The highest BCUT2D eigenvalue weighted by molar-refractivity contribution is 7.89. The van der Waals surface area contributed by atoms with Crippen LogP contribution in [-0.2, 0) is 10.0 Å². The molecule has 3 rings (SSSR count). The van der Waals surface area contributed by atoms with Gasteiger partial charge in [0, 0.05) is 12.0 Å². The molecule has 3 aromatic rings. The quantitative estimate of drug-likeness (QED) is 0.395. The number of primary amides is 1. The number of benzene rings is 2. The Hall–Kier alpha value is -3.71. The summed E-state index contributed by atoms with van der Waals surface area (Å²) in [5, 5.41) is 5.82. The summed E-state index contributed by atoms with van der Waals surface area (Å²) in [6, 6.07) is 3.72. The second-order valence-electron chi connectivity index (χ2n) is 7.81. The fourth-order valence-electron chi connectivity index (χ4n) is 3.78. The first-order valence-electron chi connectivity index (χ1n) is 10.3. The molecule has 0 unspecified atom stereocenters. The highest BCUT2D eigenvalue weighted by Gasteiger charge is 2.35. The van der Waals surface area contributed by atoms with Gasteiger partial charge in [-0.1, -0.05) is 13.0 Å². The van der Waals surface area contributed by atoms with E-state index < -0.39 is 44.4 Å². The molecule has 0 radical (unpaired) electrons. The first kappa shape index (κ1) is 25.9. The maximum Gasteiger partial charge on any atom is 0.434 e. The third kappa shape index (κ3) is 5.05. The summed E-state index contributed by atoms with van der Waals surface area (Å²) in [5.74, 6) is -3.66. The molecule has 0 aliphatic carbocycles. The second kappa shape index (κ2) is 9.88. The Kier molecular flexibility index (Phi) is 7.31. The van der Waals surface area contributed by atoms with Gasteiger partial charge >= 0.3 is 5.76 Å². The van der Waals surface area contributed by atoms with Gasteiger partial charge in [0.1, 0.15) is 11.9 Å². The number of ether oxygens (including phenoxy) is 2. The van der Waals surface area contributed by atoms with Crippen molar-refractivity contribution in [2.24, 2.45) is 5.73 Å². The molecule has 1 heterocycles. The number of hydrogen-bond acceptors (Lipinski definition) is 8. The normalized spacial score (nSPS) is 13.3. The van der Waals surface area contributed by atoms with Gasteiger partial charge in [-0.2, -0.15) is 4.72 Å². The molecule has 1 amide bonds. The van der Waals surface area contributed by atoms with E-state index >= 15 is 0 Å². The maximum atomic E-state index is 14.9. The van der Waals surface area contributed by atoms with Crippen molar-refractivity contribution in [1.82, 2.24) is 14.9 Å². The van der Waals surface area contributed by atoms with Crippen LogP contribution in [-0.4, -0.2) is 38.7 Å². The van der Waals surface area contributed by atoms with Crippen molar-refractivity contribution in [2.45, 2.75) is 37.6 Å². The summed E-state index contributed by atoms with van der Waals surface area (Å²) in [6.07, 6.45) is 0. The smallest absolute Gasteiger partial charge is 0.434 e. The minimum atomic E-state index is -4.55. The number of nitrogens with one attached hydrogen (secondary N) is 2. The Balaban J connectivity index is 2.19. The molecular formula is C22H25FN4O7S. The highest BCUT2D eigenvalue weighted by atomic mass is 32.2. The summed E-state index contributed by atoms with van der Waals surface area (Å²) in [4.78, 5) is 23.2. The van der Waals surface area contributed by atoms with Gasteiger partial charge in [-0.05, 0) is 42.7 Å². The molecule has 0 saturated carbocycles. The molecule has 13 heteroatoms. The Morgan fingerprint density at radius 2 is 1.83 bits per heavy atom. The van der Waals surface area contributed by atoms with Crippen LogP contribution in [0.2, 0.25) is 0 Å². The molecule has 188 valence electrons. The van der Waals surface area contributed by atoms with Crippen LogP contribution in [0.4, 0.5) is 4.39 Å². The summed E-state index contributed by atoms with van der Waals surface area (Å²) in [7, 11) is -1.94. The van der Waals surface area contributed by atoms with Crippen molar-refractivity contribution in [3.8, 4) is 11.5 Å². The van der Waals surface area contributed by atoms with Gasteiger partial charge in [0.2, 0.25) is 21.8 Å². The predicted octanol–water partition coefficient (Wildman–Crippen LogP) is 2.06. The Morgan fingerprint density at radius 1 is 1.20 bits per heavy atom. The van der Waals surface area contributed by atoms with Crippen LogP contribution in [0.1, 0.15) is 51.8 Å². The van der Waals surface area contributed by atoms with E-state index in [2.05, 4.69) is 14.9 Å². The summed E-state index contributed by atoms with van der Waals surface area (Å²) in [6.45, 7) is 5.02. The van der Waals surface area contributed by atoms with Crippen LogP contribution in [0.5, 0.6) is 11.5 Å². The SMILES string of the molecule is COc1cc(C(N)=O)c(S(=O)(=O)N[C@H](c2n[nH]c(=O)o2)[C@H](C)c2c(F)ccc(C)c2C)cc1OC. The molecule has 0 aliphatic heterocycles. The Labute approximate surface area is 200 Å². The standard InChI is InChI=1S/C22H25FN4O7S/c1-10-6-7-14(23)18(11(10)2)12(3)19(21-25-26-22(29)34-21)27-35(30,31)17-9-16(33-5)15(32-4)8-13(17)20(24)28/h6-9,12,19,27H,1-5H3,(H2,24,28)(H,26,29)/t12-,19+/m1/s1. The number of amides is 1. The fourth-order valence-corrected chi connectivity index (χ4v) is 5.25. The zero-order valence-corrected chi connectivity index (χ0v) is 20.4. The van der Waals surface area contributed by atoms with E-state index in [1.807, 2.05) is 0 Å².